The second-order valence-corrected chi connectivity index (χ2v) is 8.40. The van der Waals surface area contributed by atoms with E-state index in [1.807, 2.05) is 48.4 Å². The van der Waals surface area contributed by atoms with Gasteiger partial charge in [-0.2, -0.15) is 0 Å². The Morgan fingerprint density at radius 3 is 2.58 bits per heavy atom. The number of benzene rings is 1. The molecule has 160 valence electrons. The van der Waals surface area contributed by atoms with Crippen LogP contribution in [0.25, 0.3) is 11.3 Å². The summed E-state index contributed by atoms with van der Waals surface area (Å²) in [7, 11) is 1.59. The minimum atomic E-state index is 0.0170. The van der Waals surface area contributed by atoms with Crippen molar-refractivity contribution in [3.05, 3.63) is 59.3 Å². The maximum atomic E-state index is 13.1. The summed E-state index contributed by atoms with van der Waals surface area (Å²) in [5.74, 6) is 3.01. The monoisotopic (exact) mass is 418 g/mol. The van der Waals surface area contributed by atoms with Crippen LogP contribution in [0, 0.1) is 6.92 Å². The van der Waals surface area contributed by atoms with Gasteiger partial charge in [-0.25, -0.2) is 9.97 Å². The molecule has 31 heavy (non-hydrogen) atoms. The highest BCUT2D eigenvalue weighted by Gasteiger charge is 2.32. The van der Waals surface area contributed by atoms with Crippen molar-refractivity contribution in [3.8, 4) is 17.1 Å². The topological polar surface area (TPSA) is 81.4 Å². The molecule has 0 N–H and O–H groups in total. The molecule has 2 fully saturated rings. The van der Waals surface area contributed by atoms with E-state index in [-0.39, 0.29) is 11.8 Å². The van der Waals surface area contributed by atoms with Gasteiger partial charge in [0.25, 0.3) is 5.91 Å². The lowest BCUT2D eigenvalue weighted by Gasteiger charge is -2.32. The van der Waals surface area contributed by atoms with E-state index >= 15 is 0 Å². The third-order valence-corrected chi connectivity index (χ3v) is 6.18. The van der Waals surface area contributed by atoms with Gasteiger partial charge in [0.15, 0.2) is 5.76 Å². The molecule has 1 aromatic carbocycles. The first-order chi connectivity index (χ1) is 15.1. The first kappa shape index (κ1) is 19.7. The minimum absolute atomic E-state index is 0.0170. The van der Waals surface area contributed by atoms with Crippen molar-refractivity contribution < 1.29 is 14.1 Å². The number of likely N-dealkylation sites (tertiary alicyclic amines) is 1. The molecule has 0 radical (unpaired) electrons. The lowest BCUT2D eigenvalue weighted by atomic mass is 9.89. The van der Waals surface area contributed by atoms with Gasteiger partial charge in [-0.1, -0.05) is 17.3 Å². The summed E-state index contributed by atoms with van der Waals surface area (Å²) in [6.07, 6.45) is 5.91. The number of aromatic nitrogens is 3. The average molecular weight is 418 g/mol. The van der Waals surface area contributed by atoms with Crippen LogP contribution in [0.3, 0.4) is 0 Å². The summed E-state index contributed by atoms with van der Waals surface area (Å²) in [5, 5.41) is 4.04. The molecule has 1 aliphatic heterocycles. The number of carbonyl (C=O) groups is 1. The molecule has 7 heteroatoms. The molecule has 5 rings (SSSR count). The van der Waals surface area contributed by atoms with Crippen molar-refractivity contribution in [1.29, 1.82) is 0 Å². The summed E-state index contributed by atoms with van der Waals surface area (Å²) in [5.41, 5.74) is 3.39. The lowest BCUT2D eigenvalue weighted by molar-refractivity contribution is 0.0708. The minimum Gasteiger partial charge on any atom is -0.496 e. The molecule has 0 unspecified atom stereocenters. The van der Waals surface area contributed by atoms with Crippen LogP contribution >= 0.6 is 0 Å². The number of carbonyl (C=O) groups excluding carboxylic acids is 1. The van der Waals surface area contributed by atoms with Gasteiger partial charge in [-0.05, 0) is 44.7 Å². The lowest BCUT2D eigenvalue weighted by Crippen LogP contribution is -2.38. The second-order valence-electron chi connectivity index (χ2n) is 8.40. The molecule has 2 aromatic heterocycles. The van der Waals surface area contributed by atoms with Crippen LogP contribution in [0.5, 0.6) is 5.75 Å². The van der Waals surface area contributed by atoms with Crippen molar-refractivity contribution in [3.63, 3.8) is 0 Å². The summed E-state index contributed by atoms with van der Waals surface area (Å²) in [4.78, 5) is 24.6. The zero-order valence-electron chi connectivity index (χ0n) is 17.9. The number of hydrogen-bond donors (Lipinski definition) is 0. The highest BCUT2D eigenvalue weighted by Crippen LogP contribution is 2.41. The number of rotatable bonds is 5. The standard InChI is InChI=1S/C24H26N4O3/c1-15-13-21(31-27-15)19-14-25-23(17-7-8-17)26-22(19)16-9-11-28(12-10-16)24(29)18-5-3-4-6-20(18)30-2/h3-6,13-14,16-17H,7-12H2,1-2H3. The van der Waals surface area contributed by atoms with Gasteiger partial charge in [0.05, 0.1) is 29.6 Å². The molecular weight excluding hydrogens is 392 g/mol. The Hall–Kier alpha value is -3.22. The third kappa shape index (κ3) is 3.92. The van der Waals surface area contributed by atoms with Crippen LogP contribution in [-0.2, 0) is 0 Å². The van der Waals surface area contributed by atoms with E-state index in [2.05, 4.69) is 10.1 Å². The number of hydrogen-bond acceptors (Lipinski definition) is 6. The molecule has 0 spiro atoms. The predicted molar refractivity (Wildman–Crippen MR) is 115 cm³/mol. The SMILES string of the molecule is COc1ccccc1C(=O)N1CCC(c2nc(C3CC3)ncc2-c2cc(C)no2)CC1. The van der Waals surface area contributed by atoms with Crippen molar-refractivity contribution in [2.45, 2.75) is 44.4 Å². The summed E-state index contributed by atoms with van der Waals surface area (Å²) < 4.78 is 10.9. The highest BCUT2D eigenvalue weighted by atomic mass is 16.5. The van der Waals surface area contributed by atoms with Crippen molar-refractivity contribution >= 4 is 5.91 Å². The zero-order chi connectivity index (χ0) is 21.4. The summed E-state index contributed by atoms with van der Waals surface area (Å²) >= 11 is 0. The largest absolute Gasteiger partial charge is 0.496 e. The molecule has 1 saturated carbocycles. The first-order valence-corrected chi connectivity index (χ1v) is 10.9. The zero-order valence-corrected chi connectivity index (χ0v) is 17.9. The van der Waals surface area contributed by atoms with Gasteiger partial charge in [0, 0.05) is 37.2 Å². The molecule has 1 aliphatic carbocycles. The van der Waals surface area contributed by atoms with Gasteiger partial charge >= 0.3 is 0 Å². The number of amides is 1. The van der Waals surface area contributed by atoms with Gasteiger partial charge in [-0.15, -0.1) is 0 Å². The van der Waals surface area contributed by atoms with E-state index < -0.39 is 0 Å². The van der Waals surface area contributed by atoms with Crippen molar-refractivity contribution in [2.24, 2.45) is 0 Å². The van der Waals surface area contributed by atoms with Gasteiger partial charge in [-0.3, -0.25) is 4.79 Å². The van der Waals surface area contributed by atoms with Gasteiger partial charge in [0.2, 0.25) is 0 Å². The molecule has 0 atom stereocenters. The fourth-order valence-corrected chi connectivity index (χ4v) is 4.29. The fourth-order valence-electron chi connectivity index (χ4n) is 4.29. The third-order valence-electron chi connectivity index (χ3n) is 6.18. The smallest absolute Gasteiger partial charge is 0.257 e. The molecule has 0 bridgehead atoms. The Labute approximate surface area is 181 Å². The summed E-state index contributed by atoms with van der Waals surface area (Å²) in [6, 6.07) is 9.32. The van der Waals surface area contributed by atoms with E-state index in [1.165, 1.54) is 0 Å². The molecule has 2 aliphatic rings. The quantitative estimate of drug-likeness (QED) is 0.613. The number of para-hydroxylation sites is 1. The molecule has 7 nitrogen and oxygen atoms in total. The number of methoxy groups -OCH3 is 1. The fraction of sp³-hybridized carbons (Fsp3) is 0.417. The van der Waals surface area contributed by atoms with Crippen molar-refractivity contribution in [2.75, 3.05) is 20.2 Å². The van der Waals surface area contributed by atoms with Crippen LogP contribution in [0.4, 0.5) is 0 Å². The van der Waals surface area contributed by atoms with E-state index in [4.69, 9.17) is 14.2 Å². The van der Waals surface area contributed by atoms with E-state index in [0.717, 1.165) is 48.5 Å². The summed E-state index contributed by atoms with van der Waals surface area (Å²) in [6.45, 7) is 3.27. The van der Waals surface area contributed by atoms with E-state index in [1.54, 1.807) is 7.11 Å². The number of ether oxygens (including phenoxy) is 1. The second kappa shape index (κ2) is 8.13. The molecule has 1 amide bonds. The number of nitrogens with zero attached hydrogens (tertiary/aromatic N) is 4. The van der Waals surface area contributed by atoms with Crippen LogP contribution < -0.4 is 4.74 Å². The Kier molecular flexibility index (Phi) is 5.18. The molecule has 3 heterocycles. The molecular formula is C24H26N4O3. The van der Waals surface area contributed by atoms with E-state index in [9.17, 15) is 4.79 Å². The van der Waals surface area contributed by atoms with Crippen molar-refractivity contribution in [1.82, 2.24) is 20.0 Å². The normalized spacial score (nSPS) is 17.0. The molecule has 1 saturated heterocycles. The maximum absolute atomic E-state index is 13.1. The Morgan fingerprint density at radius 2 is 1.90 bits per heavy atom. The average Bonchev–Trinajstić information content (AvgIpc) is 3.59. The molecule has 3 aromatic rings. The van der Waals surface area contributed by atoms with Crippen LogP contribution in [-0.4, -0.2) is 46.1 Å². The van der Waals surface area contributed by atoms with Crippen LogP contribution in [0.1, 0.15) is 65.1 Å². The highest BCUT2D eigenvalue weighted by molar-refractivity contribution is 5.97. The Balaban J connectivity index is 1.37. The number of piperidine rings is 1. The Morgan fingerprint density at radius 1 is 1.13 bits per heavy atom. The van der Waals surface area contributed by atoms with Crippen LogP contribution in [0.15, 0.2) is 41.1 Å². The van der Waals surface area contributed by atoms with Gasteiger partial charge in [0.1, 0.15) is 11.6 Å². The Bertz CT molecular complexity index is 1100. The van der Waals surface area contributed by atoms with Crippen LogP contribution in [0.2, 0.25) is 0 Å². The van der Waals surface area contributed by atoms with E-state index in [0.29, 0.717) is 36.1 Å². The maximum Gasteiger partial charge on any atom is 0.257 e. The first-order valence-electron chi connectivity index (χ1n) is 10.9. The number of aryl methyl sites for hydroxylation is 1. The van der Waals surface area contributed by atoms with Gasteiger partial charge < -0.3 is 14.2 Å². The predicted octanol–water partition coefficient (Wildman–Crippen LogP) is 4.35.